The number of benzene rings is 1. The summed E-state index contributed by atoms with van der Waals surface area (Å²) in [5.74, 6) is 0.0455. The number of methoxy groups -OCH3 is 1. The standard InChI is InChI=1S/C18H18N4O4/c1-3-10-22-17(24)14-16(21-18(22)25)20-15(19-14)12-7-4-11(5-8-12)6-9-13(23)26-2/h4-9H,3,10H2,1-2H3,(H,19,20)(H,21,25)/b9-6+. The van der Waals surface area contributed by atoms with E-state index in [4.69, 9.17) is 0 Å². The Hall–Kier alpha value is -3.42. The lowest BCUT2D eigenvalue weighted by molar-refractivity contribution is -0.134. The molecule has 0 aliphatic heterocycles. The highest BCUT2D eigenvalue weighted by Crippen LogP contribution is 2.18. The molecule has 0 saturated heterocycles. The molecule has 8 nitrogen and oxygen atoms in total. The fourth-order valence-electron chi connectivity index (χ4n) is 2.56. The molecule has 8 heteroatoms. The van der Waals surface area contributed by atoms with Crippen molar-refractivity contribution >= 4 is 23.2 Å². The number of hydrogen-bond donors (Lipinski definition) is 2. The molecule has 3 aromatic rings. The lowest BCUT2D eigenvalue weighted by Crippen LogP contribution is -2.34. The second-order valence-corrected chi connectivity index (χ2v) is 5.67. The van der Waals surface area contributed by atoms with E-state index >= 15 is 0 Å². The van der Waals surface area contributed by atoms with Crippen LogP contribution < -0.4 is 11.2 Å². The molecule has 26 heavy (non-hydrogen) atoms. The number of nitrogens with zero attached hydrogens (tertiary/aromatic N) is 2. The Labute approximate surface area is 148 Å². The zero-order valence-electron chi connectivity index (χ0n) is 14.4. The Morgan fingerprint density at radius 3 is 2.62 bits per heavy atom. The van der Waals surface area contributed by atoms with Crippen LogP contribution in [-0.4, -0.2) is 32.6 Å². The van der Waals surface area contributed by atoms with Gasteiger partial charge in [0.2, 0.25) is 0 Å². The van der Waals surface area contributed by atoms with Gasteiger partial charge in [0, 0.05) is 18.2 Å². The van der Waals surface area contributed by atoms with Gasteiger partial charge in [-0.05, 0) is 18.1 Å². The predicted octanol–water partition coefficient (Wildman–Crippen LogP) is 1.68. The number of rotatable bonds is 5. The number of fused-ring (bicyclic) bond motifs is 1. The Morgan fingerprint density at radius 1 is 1.23 bits per heavy atom. The largest absolute Gasteiger partial charge is 0.466 e. The molecule has 0 fully saturated rings. The van der Waals surface area contributed by atoms with E-state index in [0.717, 1.165) is 15.7 Å². The van der Waals surface area contributed by atoms with Crippen molar-refractivity contribution in [2.75, 3.05) is 7.11 Å². The number of nitrogens with one attached hydrogen (secondary N) is 2. The van der Waals surface area contributed by atoms with Crippen molar-refractivity contribution in [3.8, 4) is 11.4 Å². The van der Waals surface area contributed by atoms with Crippen LogP contribution in [0.15, 0.2) is 39.9 Å². The number of aromatic nitrogens is 4. The van der Waals surface area contributed by atoms with Crippen molar-refractivity contribution in [1.29, 1.82) is 0 Å². The highest BCUT2D eigenvalue weighted by atomic mass is 16.5. The minimum Gasteiger partial charge on any atom is -0.466 e. The SMILES string of the molecule is CCCn1c(=O)[nH]c2nc(-c3ccc(/C=C/C(=O)OC)cc3)[nH]c2c1=O. The van der Waals surface area contributed by atoms with Gasteiger partial charge in [-0.3, -0.25) is 14.3 Å². The maximum atomic E-state index is 12.4. The number of imidazole rings is 1. The first-order chi connectivity index (χ1) is 12.5. The summed E-state index contributed by atoms with van der Waals surface area (Å²) < 4.78 is 5.70. The number of carbonyl (C=O) groups is 1. The summed E-state index contributed by atoms with van der Waals surface area (Å²) in [6, 6.07) is 7.22. The van der Waals surface area contributed by atoms with Crippen LogP contribution in [0.2, 0.25) is 0 Å². The van der Waals surface area contributed by atoms with E-state index < -0.39 is 11.7 Å². The van der Waals surface area contributed by atoms with E-state index in [0.29, 0.717) is 18.8 Å². The zero-order chi connectivity index (χ0) is 18.7. The first kappa shape index (κ1) is 17.4. The minimum atomic E-state index is -0.467. The van der Waals surface area contributed by atoms with Gasteiger partial charge in [0.15, 0.2) is 5.65 Å². The van der Waals surface area contributed by atoms with Crippen molar-refractivity contribution in [3.63, 3.8) is 0 Å². The van der Waals surface area contributed by atoms with Crippen LogP contribution in [0.25, 0.3) is 28.6 Å². The number of hydrogen-bond acceptors (Lipinski definition) is 5. The maximum absolute atomic E-state index is 12.4. The molecule has 134 valence electrons. The monoisotopic (exact) mass is 354 g/mol. The van der Waals surface area contributed by atoms with Crippen LogP contribution in [0.5, 0.6) is 0 Å². The normalized spacial score (nSPS) is 11.3. The number of carbonyl (C=O) groups excluding carboxylic acids is 1. The summed E-state index contributed by atoms with van der Waals surface area (Å²) in [5, 5.41) is 0. The zero-order valence-corrected chi connectivity index (χ0v) is 14.4. The Balaban J connectivity index is 1.97. The Bertz CT molecular complexity index is 1090. The number of esters is 1. The van der Waals surface area contributed by atoms with Crippen LogP contribution in [0.1, 0.15) is 18.9 Å². The highest BCUT2D eigenvalue weighted by Gasteiger charge is 2.12. The molecule has 1 aromatic carbocycles. The lowest BCUT2D eigenvalue weighted by Gasteiger charge is -2.00. The molecule has 0 aliphatic rings. The Kier molecular flexibility index (Phi) is 4.83. The van der Waals surface area contributed by atoms with E-state index in [1.165, 1.54) is 13.2 Å². The molecule has 0 bridgehead atoms. The van der Waals surface area contributed by atoms with Gasteiger partial charge in [-0.15, -0.1) is 0 Å². The van der Waals surface area contributed by atoms with Gasteiger partial charge in [-0.25, -0.2) is 14.6 Å². The van der Waals surface area contributed by atoms with Crippen molar-refractivity contribution in [1.82, 2.24) is 19.5 Å². The number of H-pyrrole nitrogens is 2. The number of aromatic amines is 2. The van der Waals surface area contributed by atoms with E-state index in [9.17, 15) is 14.4 Å². The van der Waals surface area contributed by atoms with Crippen LogP contribution >= 0.6 is 0 Å². The van der Waals surface area contributed by atoms with E-state index in [1.54, 1.807) is 30.3 Å². The third-order valence-corrected chi connectivity index (χ3v) is 3.88. The van der Waals surface area contributed by atoms with Gasteiger partial charge in [0.25, 0.3) is 5.56 Å². The molecule has 2 N–H and O–H groups in total. The van der Waals surface area contributed by atoms with Crippen molar-refractivity contribution < 1.29 is 9.53 Å². The first-order valence-electron chi connectivity index (χ1n) is 8.12. The van der Waals surface area contributed by atoms with Crippen LogP contribution in [0.3, 0.4) is 0 Å². The molecule has 0 aliphatic carbocycles. The quantitative estimate of drug-likeness (QED) is 0.535. The molecule has 0 radical (unpaired) electrons. The topological polar surface area (TPSA) is 110 Å². The molecule has 0 spiro atoms. The molecule has 0 saturated carbocycles. The first-order valence-corrected chi connectivity index (χ1v) is 8.12. The van der Waals surface area contributed by atoms with E-state index in [1.807, 2.05) is 6.92 Å². The molecule has 3 rings (SSSR count). The second kappa shape index (κ2) is 7.22. The highest BCUT2D eigenvalue weighted by molar-refractivity contribution is 5.87. The lowest BCUT2D eigenvalue weighted by atomic mass is 10.1. The van der Waals surface area contributed by atoms with Gasteiger partial charge in [0.05, 0.1) is 7.11 Å². The fraction of sp³-hybridized carbons (Fsp3) is 0.222. The molecule has 0 atom stereocenters. The summed E-state index contributed by atoms with van der Waals surface area (Å²) >= 11 is 0. The van der Waals surface area contributed by atoms with Crippen LogP contribution in [0.4, 0.5) is 0 Å². The van der Waals surface area contributed by atoms with Gasteiger partial charge in [-0.2, -0.15) is 0 Å². The summed E-state index contributed by atoms with van der Waals surface area (Å²) in [4.78, 5) is 45.5. The smallest absolute Gasteiger partial charge is 0.330 e. The van der Waals surface area contributed by atoms with Gasteiger partial charge in [0.1, 0.15) is 11.3 Å². The van der Waals surface area contributed by atoms with E-state index in [2.05, 4.69) is 19.7 Å². The molecule has 0 unspecified atom stereocenters. The predicted molar refractivity (Wildman–Crippen MR) is 97.8 cm³/mol. The van der Waals surface area contributed by atoms with Crippen molar-refractivity contribution in [3.05, 3.63) is 56.7 Å². The van der Waals surface area contributed by atoms with Gasteiger partial charge >= 0.3 is 11.7 Å². The van der Waals surface area contributed by atoms with Crippen molar-refractivity contribution in [2.45, 2.75) is 19.9 Å². The third kappa shape index (κ3) is 3.34. The fourth-order valence-corrected chi connectivity index (χ4v) is 2.56. The summed E-state index contributed by atoms with van der Waals surface area (Å²) in [5.41, 5.74) is 1.21. The van der Waals surface area contributed by atoms with Gasteiger partial charge in [-0.1, -0.05) is 31.2 Å². The third-order valence-electron chi connectivity index (χ3n) is 3.88. The molecular weight excluding hydrogens is 336 g/mol. The minimum absolute atomic E-state index is 0.233. The van der Waals surface area contributed by atoms with E-state index in [-0.39, 0.29) is 16.7 Å². The summed E-state index contributed by atoms with van der Waals surface area (Å²) in [6.45, 7) is 2.24. The average Bonchev–Trinajstić information content (AvgIpc) is 3.07. The van der Waals surface area contributed by atoms with Crippen LogP contribution in [0, 0.1) is 0 Å². The Morgan fingerprint density at radius 2 is 1.96 bits per heavy atom. The summed E-state index contributed by atoms with van der Waals surface area (Å²) in [6.07, 6.45) is 3.64. The molecule has 0 amide bonds. The molecule has 2 aromatic heterocycles. The maximum Gasteiger partial charge on any atom is 0.330 e. The van der Waals surface area contributed by atoms with Crippen LogP contribution in [-0.2, 0) is 16.1 Å². The summed E-state index contributed by atoms with van der Waals surface area (Å²) in [7, 11) is 1.32. The average molecular weight is 354 g/mol. The number of ether oxygens (including phenoxy) is 1. The van der Waals surface area contributed by atoms with Crippen molar-refractivity contribution in [2.24, 2.45) is 0 Å². The van der Waals surface area contributed by atoms with Gasteiger partial charge < -0.3 is 9.72 Å². The molecule has 2 heterocycles. The second-order valence-electron chi connectivity index (χ2n) is 5.67. The molecular formula is C18H18N4O4.